The molecule has 1 aromatic carbocycles. The van der Waals surface area contributed by atoms with E-state index in [1.807, 2.05) is 39.8 Å². The SMILES string of the molecule is OC1[C@H]2OC(c3ccccc3)OCC2O[C@@H](OP)[C@H]1O. The number of aliphatic hydroxyl groups is 2. The van der Waals surface area contributed by atoms with Crippen LogP contribution in [0.2, 0.25) is 0 Å². The van der Waals surface area contributed by atoms with Gasteiger partial charge < -0.3 is 28.9 Å². The fraction of sp³-hybridized carbons (Fsp3) is 0.538. The highest BCUT2D eigenvalue weighted by Crippen LogP contribution is 2.34. The molecule has 6 nitrogen and oxygen atoms in total. The van der Waals surface area contributed by atoms with E-state index in [9.17, 15) is 10.2 Å². The van der Waals surface area contributed by atoms with E-state index in [1.54, 1.807) is 0 Å². The first-order valence-electron chi connectivity index (χ1n) is 6.40. The van der Waals surface area contributed by atoms with E-state index < -0.39 is 37.0 Å². The van der Waals surface area contributed by atoms with Crippen LogP contribution in [0.5, 0.6) is 0 Å². The molecule has 0 amide bonds. The highest BCUT2D eigenvalue weighted by atomic mass is 31.0. The van der Waals surface area contributed by atoms with Gasteiger partial charge in [0.25, 0.3) is 0 Å². The molecule has 0 radical (unpaired) electrons. The van der Waals surface area contributed by atoms with Crippen LogP contribution in [0.4, 0.5) is 0 Å². The van der Waals surface area contributed by atoms with Crippen LogP contribution >= 0.6 is 9.47 Å². The van der Waals surface area contributed by atoms with Gasteiger partial charge in [-0.1, -0.05) is 30.3 Å². The maximum absolute atomic E-state index is 10.1. The topological polar surface area (TPSA) is 77.4 Å². The first-order chi connectivity index (χ1) is 9.70. The third-order valence-electron chi connectivity index (χ3n) is 3.54. The van der Waals surface area contributed by atoms with E-state index in [1.165, 1.54) is 0 Å². The Morgan fingerprint density at radius 1 is 1.10 bits per heavy atom. The highest BCUT2D eigenvalue weighted by molar-refractivity contribution is 7.09. The molecule has 7 heteroatoms. The number of rotatable bonds is 2. The summed E-state index contributed by atoms with van der Waals surface area (Å²) in [6.45, 7) is 0.262. The second-order valence-electron chi connectivity index (χ2n) is 4.84. The molecule has 2 aliphatic rings. The summed E-state index contributed by atoms with van der Waals surface area (Å²) in [4.78, 5) is 0. The van der Waals surface area contributed by atoms with Crippen molar-refractivity contribution in [1.29, 1.82) is 0 Å². The van der Waals surface area contributed by atoms with Gasteiger partial charge in [0.2, 0.25) is 0 Å². The van der Waals surface area contributed by atoms with Gasteiger partial charge in [-0.15, -0.1) is 0 Å². The lowest BCUT2D eigenvalue weighted by molar-refractivity contribution is -0.348. The molecule has 110 valence electrons. The van der Waals surface area contributed by atoms with Gasteiger partial charge in [0.15, 0.2) is 12.6 Å². The Morgan fingerprint density at radius 2 is 1.85 bits per heavy atom. The Hall–Kier alpha value is -0.590. The number of fused-ring (bicyclic) bond motifs is 1. The van der Waals surface area contributed by atoms with E-state index in [0.717, 1.165) is 5.56 Å². The van der Waals surface area contributed by atoms with Crippen LogP contribution < -0.4 is 0 Å². The predicted octanol–water partition coefficient (Wildman–Crippen LogP) is 0.354. The Balaban J connectivity index is 1.74. The van der Waals surface area contributed by atoms with Gasteiger partial charge >= 0.3 is 0 Å². The summed E-state index contributed by atoms with van der Waals surface area (Å²) in [5.74, 6) is 0. The van der Waals surface area contributed by atoms with Gasteiger partial charge in [0, 0.05) is 15.0 Å². The summed E-state index contributed by atoms with van der Waals surface area (Å²) < 4.78 is 21.8. The van der Waals surface area contributed by atoms with E-state index in [0.29, 0.717) is 0 Å². The molecule has 7 atom stereocenters. The monoisotopic (exact) mass is 300 g/mol. The van der Waals surface area contributed by atoms with Crippen LogP contribution in [0, 0.1) is 0 Å². The molecule has 0 aromatic heterocycles. The molecular weight excluding hydrogens is 283 g/mol. The van der Waals surface area contributed by atoms with Crippen molar-refractivity contribution in [3.63, 3.8) is 0 Å². The van der Waals surface area contributed by atoms with Gasteiger partial charge in [-0.3, -0.25) is 0 Å². The van der Waals surface area contributed by atoms with Crippen molar-refractivity contribution in [3.8, 4) is 0 Å². The zero-order valence-corrected chi connectivity index (χ0v) is 11.8. The van der Waals surface area contributed by atoms with Crippen molar-refractivity contribution < 1.29 is 28.9 Å². The highest BCUT2D eigenvalue weighted by Gasteiger charge is 2.49. The molecule has 0 spiro atoms. The minimum Gasteiger partial charge on any atom is -0.387 e. The molecule has 1 aromatic rings. The van der Waals surface area contributed by atoms with Gasteiger partial charge in [-0.2, -0.15) is 0 Å². The second-order valence-corrected chi connectivity index (χ2v) is 5.11. The summed E-state index contributed by atoms with van der Waals surface area (Å²) in [7, 11) is 2.02. The van der Waals surface area contributed by atoms with Crippen molar-refractivity contribution in [2.24, 2.45) is 0 Å². The van der Waals surface area contributed by atoms with Crippen molar-refractivity contribution >= 4 is 9.47 Å². The molecule has 2 heterocycles. The molecule has 2 fully saturated rings. The zero-order valence-electron chi connectivity index (χ0n) is 10.7. The molecule has 2 saturated heterocycles. The molecule has 2 aliphatic heterocycles. The summed E-state index contributed by atoms with van der Waals surface area (Å²) >= 11 is 0. The molecule has 0 aliphatic carbocycles. The fourth-order valence-electron chi connectivity index (χ4n) is 2.47. The van der Waals surface area contributed by atoms with Crippen LogP contribution in [0.1, 0.15) is 11.9 Å². The lowest BCUT2D eigenvalue weighted by Crippen LogP contribution is -2.61. The second kappa shape index (κ2) is 6.03. The summed E-state index contributed by atoms with van der Waals surface area (Å²) in [6, 6.07) is 9.43. The zero-order chi connectivity index (χ0) is 14.1. The van der Waals surface area contributed by atoms with Crippen LogP contribution in [0.3, 0.4) is 0 Å². The molecule has 3 rings (SSSR count). The first kappa shape index (κ1) is 14.4. The maximum atomic E-state index is 10.1. The largest absolute Gasteiger partial charge is 0.387 e. The van der Waals surface area contributed by atoms with Crippen molar-refractivity contribution in [1.82, 2.24) is 0 Å². The average molecular weight is 300 g/mol. The molecule has 4 unspecified atom stereocenters. The molecule has 20 heavy (non-hydrogen) atoms. The number of benzene rings is 1. The number of hydrogen-bond acceptors (Lipinski definition) is 6. The quantitative estimate of drug-likeness (QED) is 0.768. The van der Waals surface area contributed by atoms with Crippen LogP contribution in [0.25, 0.3) is 0 Å². The third-order valence-corrected chi connectivity index (χ3v) is 3.81. The molecule has 0 saturated carbocycles. The van der Waals surface area contributed by atoms with Gasteiger partial charge in [0.05, 0.1) is 6.61 Å². The van der Waals surface area contributed by atoms with Crippen LogP contribution in [-0.4, -0.2) is 47.5 Å². The fourth-order valence-corrected chi connectivity index (χ4v) is 2.69. The third kappa shape index (κ3) is 2.61. The standard InChI is InChI=1S/C13H17O6P/c14-9-10(15)13(19-20)17-8-6-16-12(18-11(8)9)7-4-2-1-3-5-7/h1-5,8-15H,6,20H2/t8?,9?,10-,11-,12?,13-/m0/s1. The number of ether oxygens (including phenoxy) is 3. The number of hydrogen-bond donors (Lipinski definition) is 2. The summed E-state index contributed by atoms with van der Waals surface area (Å²) in [5.41, 5.74) is 0.858. The molecule has 2 N–H and O–H groups in total. The smallest absolute Gasteiger partial charge is 0.189 e. The minimum absolute atomic E-state index is 0.262. The van der Waals surface area contributed by atoms with Crippen molar-refractivity contribution in [2.45, 2.75) is 37.0 Å². The van der Waals surface area contributed by atoms with Gasteiger partial charge in [-0.25, -0.2) is 0 Å². The van der Waals surface area contributed by atoms with E-state index >= 15 is 0 Å². The average Bonchev–Trinajstić information content (AvgIpc) is 2.51. The lowest BCUT2D eigenvalue weighted by Gasteiger charge is -2.45. The number of aliphatic hydroxyl groups excluding tert-OH is 2. The predicted molar refractivity (Wildman–Crippen MR) is 71.5 cm³/mol. The van der Waals surface area contributed by atoms with Gasteiger partial charge in [0.1, 0.15) is 24.4 Å². The van der Waals surface area contributed by atoms with Crippen molar-refractivity contribution in [3.05, 3.63) is 35.9 Å². The van der Waals surface area contributed by atoms with Crippen LogP contribution in [0.15, 0.2) is 30.3 Å². The maximum Gasteiger partial charge on any atom is 0.189 e. The van der Waals surface area contributed by atoms with E-state index in [4.69, 9.17) is 18.7 Å². The van der Waals surface area contributed by atoms with E-state index in [2.05, 4.69) is 0 Å². The Labute approximate surface area is 118 Å². The Kier molecular flexibility index (Phi) is 4.33. The Morgan fingerprint density at radius 3 is 2.55 bits per heavy atom. The lowest BCUT2D eigenvalue weighted by atomic mass is 9.98. The van der Waals surface area contributed by atoms with Crippen LogP contribution in [-0.2, 0) is 18.7 Å². The summed E-state index contributed by atoms with van der Waals surface area (Å²) in [5, 5.41) is 20.0. The minimum atomic E-state index is -1.16. The first-order valence-corrected chi connectivity index (χ1v) is 6.87. The van der Waals surface area contributed by atoms with Gasteiger partial charge in [-0.05, 0) is 0 Å². The normalized spacial score (nSPS) is 41.1. The summed E-state index contributed by atoms with van der Waals surface area (Å²) in [6.07, 6.45) is -4.86. The van der Waals surface area contributed by atoms with Crippen molar-refractivity contribution in [2.75, 3.05) is 6.61 Å². The molecular formula is C13H17O6P. The Bertz CT molecular complexity index is 442. The molecule has 0 bridgehead atoms. The van der Waals surface area contributed by atoms with E-state index in [-0.39, 0.29) is 6.61 Å².